The first-order valence-corrected chi connectivity index (χ1v) is 4.65. The largest absolute Gasteiger partial charge is 0.459 e. The van der Waals surface area contributed by atoms with E-state index in [0.717, 1.165) is 0 Å². The zero-order valence-electron chi connectivity index (χ0n) is 8.08. The van der Waals surface area contributed by atoms with Crippen LogP contribution in [0.25, 0.3) is 0 Å². The molecule has 0 fully saturated rings. The molecule has 0 unspecified atom stereocenters. The first-order valence-electron chi connectivity index (χ1n) is 4.27. The molecule has 0 aliphatic carbocycles. The Kier molecular flexibility index (Phi) is 3.36. The predicted octanol–water partition coefficient (Wildman–Crippen LogP) is 2.49. The maximum atomic E-state index is 11.5. The van der Waals surface area contributed by atoms with Crippen LogP contribution in [0.4, 0.5) is 5.69 Å². The third-order valence-electron chi connectivity index (χ3n) is 1.59. The van der Waals surface area contributed by atoms with Gasteiger partial charge in [-0.15, -0.1) is 0 Å². The fourth-order valence-corrected chi connectivity index (χ4v) is 1.19. The average Bonchev–Trinajstić information content (AvgIpc) is 2.08. The van der Waals surface area contributed by atoms with Crippen molar-refractivity contribution in [1.29, 1.82) is 0 Å². The highest BCUT2D eigenvalue weighted by Crippen LogP contribution is 2.23. The van der Waals surface area contributed by atoms with E-state index in [1.165, 1.54) is 0 Å². The Morgan fingerprint density at radius 3 is 2.71 bits per heavy atom. The average molecular weight is 214 g/mol. The lowest BCUT2D eigenvalue weighted by atomic mass is 10.2. The van der Waals surface area contributed by atoms with Gasteiger partial charge in [0.1, 0.15) is 0 Å². The standard InChI is InChI=1S/C10H12ClNO2/c1-6(2)14-10(13)7-4-3-5-8(12)9(7)11/h3-6H,12H2,1-2H3. The SMILES string of the molecule is CC(C)OC(=O)c1cccc(N)c1Cl. The van der Waals surface area contributed by atoms with Crippen molar-refractivity contribution in [2.24, 2.45) is 0 Å². The monoisotopic (exact) mass is 213 g/mol. The van der Waals surface area contributed by atoms with E-state index in [4.69, 9.17) is 22.1 Å². The van der Waals surface area contributed by atoms with E-state index in [1.807, 2.05) is 0 Å². The second-order valence-electron chi connectivity index (χ2n) is 3.16. The predicted molar refractivity (Wildman–Crippen MR) is 56.4 cm³/mol. The van der Waals surface area contributed by atoms with Crippen LogP contribution in [0, 0.1) is 0 Å². The van der Waals surface area contributed by atoms with Crippen molar-refractivity contribution in [3.63, 3.8) is 0 Å². The van der Waals surface area contributed by atoms with Crippen LogP contribution in [0.5, 0.6) is 0 Å². The molecule has 1 aromatic rings. The van der Waals surface area contributed by atoms with Gasteiger partial charge in [-0.05, 0) is 26.0 Å². The van der Waals surface area contributed by atoms with E-state index in [9.17, 15) is 4.79 Å². The van der Waals surface area contributed by atoms with Crippen molar-refractivity contribution in [2.75, 3.05) is 5.73 Å². The molecular weight excluding hydrogens is 202 g/mol. The van der Waals surface area contributed by atoms with Gasteiger partial charge in [-0.2, -0.15) is 0 Å². The Morgan fingerprint density at radius 2 is 2.14 bits per heavy atom. The third-order valence-corrected chi connectivity index (χ3v) is 2.01. The number of anilines is 1. The first kappa shape index (κ1) is 10.9. The molecule has 76 valence electrons. The van der Waals surface area contributed by atoms with Gasteiger partial charge < -0.3 is 10.5 Å². The van der Waals surface area contributed by atoms with Crippen LogP contribution in [0.15, 0.2) is 18.2 Å². The fourth-order valence-electron chi connectivity index (χ4n) is 0.985. The lowest BCUT2D eigenvalue weighted by Gasteiger charge is -2.09. The van der Waals surface area contributed by atoms with Crippen molar-refractivity contribution in [1.82, 2.24) is 0 Å². The molecule has 0 aromatic heterocycles. The highest BCUT2D eigenvalue weighted by molar-refractivity contribution is 6.36. The minimum Gasteiger partial charge on any atom is -0.459 e. The summed E-state index contributed by atoms with van der Waals surface area (Å²) in [6.07, 6.45) is -0.167. The summed E-state index contributed by atoms with van der Waals surface area (Å²) in [6, 6.07) is 4.88. The van der Waals surface area contributed by atoms with Gasteiger partial charge in [-0.1, -0.05) is 17.7 Å². The molecule has 0 bridgehead atoms. The molecule has 0 aliphatic rings. The van der Waals surface area contributed by atoms with Gasteiger partial charge >= 0.3 is 5.97 Å². The number of halogens is 1. The summed E-state index contributed by atoms with van der Waals surface area (Å²) in [7, 11) is 0. The molecule has 3 nitrogen and oxygen atoms in total. The van der Waals surface area contributed by atoms with Gasteiger partial charge in [-0.3, -0.25) is 0 Å². The Morgan fingerprint density at radius 1 is 1.50 bits per heavy atom. The van der Waals surface area contributed by atoms with Crippen molar-refractivity contribution in [2.45, 2.75) is 20.0 Å². The van der Waals surface area contributed by atoms with Gasteiger partial charge in [0.15, 0.2) is 0 Å². The molecule has 0 aliphatic heterocycles. The lowest BCUT2D eigenvalue weighted by molar-refractivity contribution is 0.0378. The quantitative estimate of drug-likeness (QED) is 0.607. The van der Waals surface area contributed by atoms with Crippen LogP contribution in [0.3, 0.4) is 0 Å². The first-order chi connectivity index (χ1) is 6.52. The number of rotatable bonds is 2. The minimum atomic E-state index is -0.447. The number of nitrogen functional groups attached to an aromatic ring is 1. The van der Waals surface area contributed by atoms with Gasteiger partial charge in [0, 0.05) is 0 Å². The van der Waals surface area contributed by atoms with Crippen molar-refractivity contribution in [3.8, 4) is 0 Å². The van der Waals surface area contributed by atoms with Gasteiger partial charge in [0.2, 0.25) is 0 Å². The highest BCUT2D eigenvalue weighted by Gasteiger charge is 2.14. The Labute approximate surface area is 87.8 Å². The lowest BCUT2D eigenvalue weighted by Crippen LogP contribution is -2.12. The summed E-state index contributed by atoms with van der Waals surface area (Å²) in [5.41, 5.74) is 6.23. The molecular formula is C10H12ClNO2. The number of esters is 1. The molecule has 0 heterocycles. The van der Waals surface area contributed by atoms with E-state index < -0.39 is 5.97 Å². The number of benzene rings is 1. The fraction of sp³-hybridized carbons (Fsp3) is 0.300. The van der Waals surface area contributed by atoms with Crippen LogP contribution >= 0.6 is 11.6 Å². The molecule has 2 N–H and O–H groups in total. The van der Waals surface area contributed by atoms with E-state index in [1.54, 1.807) is 32.0 Å². The zero-order chi connectivity index (χ0) is 10.7. The summed E-state index contributed by atoms with van der Waals surface area (Å²) < 4.78 is 4.99. The number of nitrogens with two attached hydrogens (primary N) is 1. The second kappa shape index (κ2) is 4.33. The Balaban J connectivity index is 2.96. The molecule has 4 heteroatoms. The summed E-state index contributed by atoms with van der Waals surface area (Å²) in [4.78, 5) is 11.5. The van der Waals surface area contributed by atoms with Crippen LogP contribution in [-0.4, -0.2) is 12.1 Å². The summed E-state index contributed by atoms with van der Waals surface area (Å²) in [5, 5.41) is 0.248. The summed E-state index contributed by atoms with van der Waals surface area (Å²) in [5.74, 6) is -0.447. The number of hydrogen-bond acceptors (Lipinski definition) is 3. The normalized spacial score (nSPS) is 10.3. The second-order valence-corrected chi connectivity index (χ2v) is 3.54. The van der Waals surface area contributed by atoms with Crippen LogP contribution in [0.2, 0.25) is 5.02 Å². The maximum Gasteiger partial charge on any atom is 0.339 e. The van der Waals surface area contributed by atoms with E-state index in [0.29, 0.717) is 11.3 Å². The molecule has 0 atom stereocenters. The number of carbonyl (C=O) groups is 1. The molecule has 0 amide bonds. The minimum absolute atomic E-state index is 0.167. The zero-order valence-corrected chi connectivity index (χ0v) is 8.84. The molecule has 0 spiro atoms. The highest BCUT2D eigenvalue weighted by atomic mass is 35.5. The van der Waals surface area contributed by atoms with Crippen molar-refractivity contribution < 1.29 is 9.53 Å². The molecule has 0 saturated carbocycles. The Hall–Kier alpha value is -1.22. The van der Waals surface area contributed by atoms with Crippen LogP contribution in [-0.2, 0) is 4.74 Å². The molecule has 0 saturated heterocycles. The van der Waals surface area contributed by atoms with Crippen LogP contribution in [0.1, 0.15) is 24.2 Å². The molecule has 0 radical (unpaired) electrons. The van der Waals surface area contributed by atoms with Gasteiger partial charge in [0.05, 0.1) is 22.4 Å². The summed E-state index contributed by atoms with van der Waals surface area (Å²) >= 11 is 5.85. The van der Waals surface area contributed by atoms with E-state index in [-0.39, 0.29) is 11.1 Å². The third kappa shape index (κ3) is 2.39. The topological polar surface area (TPSA) is 52.3 Å². The molecule has 14 heavy (non-hydrogen) atoms. The van der Waals surface area contributed by atoms with Crippen molar-refractivity contribution in [3.05, 3.63) is 28.8 Å². The van der Waals surface area contributed by atoms with Gasteiger partial charge in [-0.25, -0.2) is 4.79 Å². The molecule has 1 rings (SSSR count). The van der Waals surface area contributed by atoms with E-state index >= 15 is 0 Å². The smallest absolute Gasteiger partial charge is 0.339 e. The number of hydrogen-bond donors (Lipinski definition) is 1. The van der Waals surface area contributed by atoms with Crippen molar-refractivity contribution >= 4 is 23.3 Å². The van der Waals surface area contributed by atoms with E-state index in [2.05, 4.69) is 0 Å². The maximum absolute atomic E-state index is 11.5. The summed E-state index contributed by atoms with van der Waals surface area (Å²) in [6.45, 7) is 3.55. The van der Waals surface area contributed by atoms with Gasteiger partial charge in [0.25, 0.3) is 0 Å². The molecule has 1 aromatic carbocycles. The van der Waals surface area contributed by atoms with Crippen LogP contribution < -0.4 is 5.73 Å². The number of carbonyl (C=O) groups excluding carboxylic acids is 1. The number of ether oxygens (including phenoxy) is 1. The Bertz CT molecular complexity index is 350.